The van der Waals surface area contributed by atoms with E-state index in [0.29, 0.717) is 20.2 Å². The maximum absolute atomic E-state index is 11.2. The Kier molecular flexibility index (Phi) is 4.04. The molecule has 0 saturated heterocycles. The smallest absolute Gasteiger partial charge is 0.225 e. The van der Waals surface area contributed by atoms with Crippen LogP contribution in [0.3, 0.4) is 0 Å². The summed E-state index contributed by atoms with van der Waals surface area (Å²) in [7, 11) is 0. The number of nitrogens with zero attached hydrogens (tertiary/aromatic N) is 1. The summed E-state index contributed by atoms with van der Waals surface area (Å²) in [5.74, 6) is -0.0552. The zero-order valence-electron chi connectivity index (χ0n) is 8.79. The Hall–Kier alpha value is -0.620. The molecule has 1 amide bonds. The van der Waals surface area contributed by atoms with Crippen LogP contribution in [-0.4, -0.2) is 10.9 Å². The van der Waals surface area contributed by atoms with E-state index in [2.05, 4.69) is 10.3 Å². The predicted molar refractivity (Wildman–Crippen MR) is 74.4 cm³/mol. The molecule has 0 unspecified atom stereocenters. The standard InChI is InChI=1S/C10H8Cl2N2OS2/c1-2-8(15)14-10-13-6(4-16-10)5-3-7(11)17-9(5)12/h3-4H,2H2,1H3,(H,13,14,15). The number of carbonyl (C=O) groups is 1. The highest BCUT2D eigenvalue weighted by Gasteiger charge is 2.12. The van der Waals surface area contributed by atoms with E-state index in [0.717, 1.165) is 11.3 Å². The summed E-state index contributed by atoms with van der Waals surface area (Å²) in [6.07, 6.45) is 0.431. The summed E-state index contributed by atoms with van der Waals surface area (Å²) in [6.45, 7) is 1.79. The number of amides is 1. The Labute approximate surface area is 116 Å². The van der Waals surface area contributed by atoms with Crippen LogP contribution in [-0.2, 0) is 4.79 Å². The van der Waals surface area contributed by atoms with E-state index in [1.807, 2.05) is 5.38 Å². The van der Waals surface area contributed by atoms with Gasteiger partial charge in [0.05, 0.1) is 10.0 Å². The van der Waals surface area contributed by atoms with Gasteiger partial charge in [-0.3, -0.25) is 4.79 Å². The van der Waals surface area contributed by atoms with E-state index < -0.39 is 0 Å². The van der Waals surface area contributed by atoms with Gasteiger partial charge in [0.1, 0.15) is 4.34 Å². The van der Waals surface area contributed by atoms with Crippen molar-refractivity contribution < 1.29 is 4.79 Å². The third-order valence-corrected chi connectivity index (χ3v) is 4.25. The number of thiophene rings is 1. The number of hydrogen-bond acceptors (Lipinski definition) is 4. The van der Waals surface area contributed by atoms with Crippen molar-refractivity contribution in [1.29, 1.82) is 0 Å². The van der Waals surface area contributed by atoms with Gasteiger partial charge in [-0.15, -0.1) is 22.7 Å². The molecule has 2 rings (SSSR count). The first kappa shape index (κ1) is 12.8. The lowest BCUT2D eigenvalue weighted by molar-refractivity contribution is -0.115. The number of halogens is 2. The zero-order chi connectivity index (χ0) is 12.4. The van der Waals surface area contributed by atoms with E-state index in [4.69, 9.17) is 23.2 Å². The average Bonchev–Trinajstić information content (AvgIpc) is 2.85. The summed E-state index contributed by atoms with van der Waals surface area (Å²) in [6, 6.07) is 1.77. The molecule has 3 nitrogen and oxygen atoms in total. The van der Waals surface area contributed by atoms with Gasteiger partial charge in [-0.05, 0) is 6.07 Å². The summed E-state index contributed by atoms with van der Waals surface area (Å²) in [4.78, 5) is 15.5. The van der Waals surface area contributed by atoms with Crippen LogP contribution >= 0.6 is 45.9 Å². The van der Waals surface area contributed by atoms with Crippen molar-refractivity contribution in [3.05, 3.63) is 20.1 Å². The van der Waals surface area contributed by atoms with Crippen molar-refractivity contribution >= 4 is 56.9 Å². The SMILES string of the molecule is CCC(=O)Nc1nc(-c2cc(Cl)sc2Cl)cs1. The van der Waals surface area contributed by atoms with E-state index in [1.165, 1.54) is 22.7 Å². The molecule has 0 saturated carbocycles. The van der Waals surface area contributed by atoms with Gasteiger partial charge < -0.3 is 5.32 Å². The molecule has 0 fully saturated rings. The van der Waals surface area contributed by atoms with Crippen molar-refractivity contribution in [2.24, 2.45) is 0 Å². The number of thiazole rings is 1. The molecule has 2 aromatic heterocycles. The summed E-state index contributed by atoms with van der Waals surface area (Å²) >= 11 is 14.6. The Morgan fingerprint density at radius 3 is 2.88 bits per heavy atom. The van der Waals surface area contributed by atoms with Gasteiger partial charge >= 0.3 is 0 Å². The van der Waals surface area contributed by atoms with Gasteiger partial charge in [0, 0.05) is 17.4 Å². The fourth-order valence-corrected chi connectivity index (χ4v) is 3.39. The van der Waals surface area contributed by atoms with Crippen LogP contribution in [0.4, 0.5) is 5.13 Å². The molecule has 90 valence electrons. The molecule has 17 heavy (non-hydrogen) atoms. The third-order valence-electron chi connectivity index (χ3n) is 2.00. The highest BCUT2D eigenvalue weighted by Crippen LogP contribution is 2.38. The topological polar surface area (TPSA) is 42.0 Å². The summed E-state index contributed by atoms with van der Waals surface area (Å²) < 4.78 is 1.23. The van der Waals surface area contributed by atoms with Crippen LogP contribution in [0.25, 0.3) is 11.3 Å². The summed E-state index contributed by atoms with van der Waals surface area (Å²) in [5.41, 5.74) is 1.53. The van der Waals surface area contributed by atoms with Gasteiger partial charge in [-0.2, -0.15) is 0 Å². The largest absolute Gasteiger partial charge is 0.302 e. The van der Waals surface area contributed by atoms with Crippen LogP contribution in [0.5, 0.6) is 0 Å². The van der Waals surface area contributed by atoms with Crippen molar-refractivity contribution in [2.75, 3.05) is 5.32 Å². The van der Waals surface area contributed by atoms with E-state index in [9.17, 15) is 4.79 Å². The Morgan fingerprint density at radius 2 is 2.29 bits per heavy atom. The Morgan fingerprint density at radius 1 is 1.53 bits per heavy atom. The van der Waals surface area contributed by atoms with Crippen molar-refractivity contribution in [3.63, 3.8) is 0 Å². The highest BCUT2D eigenvalue weighted by atomic mass is 35.5. The number of hydrogen-bond donors (Lipinski definition) is 1. The van der Waals surface area contributed by atoms with Crippen molar-refractivity contribution in [1.82, 2.24) is 4.98 Å². The first-order valence-corrected chi connectivity index (χ1v) is 7.26. The molecule has 0 atom stereocenters. The molecule has 0 aliphatic carbocycles. The minimum Gasteiger partial charge on any atom is -0.302 e. The van der Waals surface area contributed by atoms with Crippen LogP contribution < -0.4 is 5.32 Å². The zero-order valence-corrected chi connectivity index (χ0v) is 11.9. The molecule has 0 aliphatic heterocycles. The number of carbonyl (C=O) groups excluding carboxylic acids is 1. The number of anilines is 1. The second-order valence-corrected chi connectivity index (χ2v) is 6.32. The molecule has 0 aromatic carbocycles. The number of nitrogens with one attached hydrogen (secondary N) is 1. The fraction of sp³-hybridized carbons (Fsp3) is 0.200. The van der Waals surface area contributed by atoms with E-state index in [1.54, 1.807) is 13.0 Å². The third kappa shape index (κ3) is 2.98. The van der Waals surface area contributed by atoms with Crippen LogP contribution in [0, 0.1) is 0 Å². The Bertz CT molecular complexity index is 550. The fourth-order valence-electron chi connectivity index (χ4n) is 1.18. The van der Waals surface area contributed by atoms with E-state index in [-0.39, 0.29) is 5.91 Å². The van der Waals surface area contributed by atoms with Gasteiger partial charge in [-0.25, -0.2) is 4.98 Å². The molecular formula is C10H8Cl2N2OS2. The van der Waals surface area contributed by atoms with Gasteiger partial charge in [0.2, 0.25) is 5.91 Å². The highest BCUT2D eigenvalue weighted by molar-refractivity contribution is 7.20. The average molecular weight is 307 g/mol. The monoisotopic (exact) mass is 306 g/mol. The quantitative estimate of drug-likeness (QED) is 0.905. The van der Waals surface area contributed by atoms with Crippen LogP contribution in [0.15, 0.2) is 11.4 Å². The lowest BCUT2D eigenvalue weighted by Crippen LogP contribution is -2.08. The molecule has 7 heteroatoms. The lowest BCUT2D eigenvalue weighted by Gasteiger charge is -1.96. The maximum Gasteiger partial charge on any atom is 0.225 e. The lowest BCUT2D eigenvalue weighted by atomic mass is 10.3. The summed E-state index contributed by atoms with van der Waals surface area (Å²) in [5, 5.41) is 5.12. The second-order valence-electron chi connectivity index (χ2n) is 3.18. The first-order chi connectivity index (χ1) is 8.10. The van der Waals surface area contributed by atoms with E-state index >= 15 is 0 Å². The van der Waals surface area contributed by atoms with Gasteiger partial charge in [-0.1, -0.05) is 30.1 Å². The molecule has 0 spiro atoms. The molecule has 0 bridgehead atoms. The molecule has 1 N–H and O–H groups in total. The van der Waals surface area contributed by atoms with Gasteiger partial charge in [0.25, 0.3) is 0 Å². The van der Waals surface area contributed by atoms with Crippen LogP contribution in [0.2, 0.25) is 8.67 Å². The molecule has 2 heterocycles. The number of aromatic nitrogens is 1. The molecule has 0 radical (unpaired) electrons. The second kappa shape index (κ2) is 5.35. The molecule has 2 aromatic rings. The molecule has 0 aliphatic rings. The first-order valence-electron chi connectivity index (χ1n) is 4.80. The minimum absolute atomic E-state index is 0.0552. The maximum atomic E-state index is 11.2. The van der Waals surface area contributed by atoms with Crippen LogP contribution in [0.1, 0.15) is 13.3 Å². The Balaban J connectivity index is 2.24. The number of rotatable bonds is 3. The van der Waals surface area contributed by atoms with Crippen molar-refractivity contribution in [3.8, 4) is 11.3 Å². The molecular weight excluding hydrogens is 299 g/mol. The normalized spacial score (nSPS) is 10.5. The van der Waals surface area contributed by atoms with Gasteiger partial charge in [0.15, 0.2) is 5.13 Å². The minimum atomic E-state index is -0.0552. The predicted octanol–water partition coefficient (Wildman–Crippen LogP) is 4.53. The van der Waals surface area contributed by atoms with Crippen molar-refractivity contribution in [2.45, 2.75) is 13.3 Å².